The van der Waals surface area contributed by atoms with E-state index in [4.69, 9.17) is 11.6 Å². The van der Waals surface area contributed by atoms with E-state index in [9.17, 15) is 4.39 Å². The molecule has 1 nitrogen and oxygen atoms in total. The molecular formula is C13H13ClFNS. The van der Waals surface area contributed by atoms with Crippen LogP contribution in [0.1, 0.15) is 21.4 Å². The Morgan fingerprint density at radius 2 is 2.06 bits per heavy atom. The van der Waals surface area contributed by atoms with E-state index in [1.807, 2.05) is 13.1 Å². The van der Waals surface area contributed by atoms with Gasteiger partial charge in [-0.1, -0.05) is 12.1 Å². The molecule has 1 atom stereocenters. The summed E-state index contributed by atoms with van der Waals surface area (Å²) in [6, 6.07) is 6.56. The van der Waals surface area contributed by atoms with E-state index in [-0.39, 0.29) is 11.7 Å². The van der Waals surface area contributed by atoms with Gasteiger partial charge in [0.25, 0.3) is 0 Å². The Morgan fingerprint density at radius 1 is 1.35 bits per heavy atom. The molecule has 0 bridgehead atoms. The van der Waals surface area contributed by atoms with Crippen molar-refractivity contribution in [1.29, 1.82) is 0 Å². The van der Waals surface area contributed by atoms with Crippen molar-refractivity contribution in [3.8, 4) is 0 Å². The van der Waals surface area contributed by atoms with Gasteiger partial charge in [0, 0.05) is 22.9 Å². The van der Waals surface area contributed by atoms with Crippen molar-refractivity contribution in [1.82, 2.24) is 4.98 Å². The largest absolute Gasteiger partial charge is 0.250 e. The molecule has 1 aromatic heterocycles. The zero-order valence-corrected chi connectivity index (χ0v) is 11.1. The number of aromatic nitrogens is 1. The van der Waals surface area contributed by atoms with Crippen molar-refractivity contribution in [3.63, 3.8) is 0 Å². The van der Waals surface area contributed by atoms with Crippen LogP contribution in [-0.4, -0.2) is 10.9 Å². The van der Waals surface area contributed by atoms with Crippen LogP contribution < -0.4 is 0 Å². The Bertz CT molecular complexity index is 480. The maximum atomic E-state index is 12.8. The second kappa shape index (κ2) is 5.61. The minimum absolute atomic E-state index is 0.212. The monoisotopic (exact) mass is 269 g/mol. The summed E-state index contributed by atoms with van der Waals surface area (Å²) in [5, 5.41) is 1.06. The molecule has 0 aliphatic heterocycles. The second-order valence-electron chi connectivity index (χ2n) is 3.95. The van der Waals surface area contributed by atoms with Crippen LogP contribution in [-0.2, 0) is 6.42 Å². The van der Waals surface area contributed by atoms with Gasteiger partial charge in [0.1, 0.15) is 5.82 Å². The van der Waals surface area contributed by atoms with Crippen LogP contribution in [0.2, 0.25) is 0 Å². The molecule has 0 radical (unpaired) electrons. The SMILES string of the molecule is Cc1ncc(CC(CCl)c2ccc(F)cc2)s1. The lowest BCUT2D eigenvalue weighted by molar-refractivity contribution is 0.625. The van der Waals surface area contributed by atoms with Gasteiger partial charge in [0.15, 0.2) is 0 Å². The summed E-state index contributed by atoms with van der Waals surface area (Å²) >= 11 is 7.67. The van der Waals surface area contributed by atoms with Crippen molar-refractivity contribution in [2.45, 2.75) is 19.3 Å². The van der Waals surface area contributed by atoms with Crippen LogP contribution >= 0.6 is 22.9 Å². The predicted octanol–water partition coefficient (Wildman–Crippen LogP) is 4.16. The van der Waals surface area contributed by atoms with Crippen molar-refractivity contribution in [2.24, 2.45) is 0 Å². The molecule has 90 valence electrons. The number of rotatable bonds is 4. The maximum absolute atomic E-state index is 12.8. The van der Waals surface area contributed by atoms with Gasteiger partial charge in [-0.05, 0) is 31.0 Å². The van der Waals surface area contributed by atoms with Crippen LogP contribution in [0.3, 0.4) is 0 Å². The first-order chi connectivity index (χ1) is 8.19. The molecule has 1 aromatic carbocycles. The van der Waals surface area contributed by atoms with Crippen LogP contribution in [0.15, 0.2) is 30.5 Å². The fourth-order valence-electron chi connectivity index (χ4n) is 1.74. The Labute approximate surface area is 109 Å². The summed E-state index contributed by atoms with van der Waals surface area (Å²) in [4.78, 5) is 5.45. The van der Waals surface area contributed by atoms with Gasteiger partial charge in [-0.2, -0.15) is 0 Å². The van der Waals surface area contributed by atoms with Crippen LogP contribution in [0.4, 0.5) is 4.39 Å². The number of hydrogen-bond acceptors (Lipinski definition) is 2. The van der Waals surface area contributed by atoms with E-state index in [1.54, 1.807) is 23.5 Å². The summed E-state index contributed by atoms with van der Waals surface area (Å²) in [6.07, 6.45) is 2.75. The quantitative estimate of drug-likeness (QED) is 0.760. The molecule has 0 saturated heterocycles. The first kappa shape index (κ1) is 12.5. The molecule has 17 heavy (non-hydrogen) atoms. The second-order valence-corrected chi connectivity index (χ2v) is 5.58. The summed E-state index contributed by atoms with van der Waals surface area (Å²) in [7, 11) is 0. The van der Waals surface area contributed by atoms with Crippen molar-refractivity contribution >= 4 is 22.9 Å². The molecule has 0 fully saturated rings. The van der Waals surface area contributed by atoms with Gasteiger partial charge >= 0.3 is 0 Å². The number of hydrogen-bond donors (Lipinski definition) is 0. The lowest BCUT2D eigenvalue weighted by Crippen LogP contribution is -2.03. The van der Waals surface area contributed by atoms with Gasteiger partial charge in [0.05, 0.1) is 5.01 Å². The molecule has 2 aromatic rings. The van der Waals surface area contributed by atoms with Gasteiger partial charge in [-0.3, -0.25) is 0 Å². The summed E-state index contributed by atoms with van der Waals surface area (Å²) in [5.74, 6) is 0.538. The zero-order chi connectivity index (χ0) is 12.3. The maximum Gasteiger partial charge on any atom is 0.123 e. The molecule has 0 aliphatic carbocycles. The topological polar surface area (TPSA) is 12.9 Å². The highest BCUT2D eigenvalue weighted by Crippen LogP contribution is 2.25. The normalized spacial score (nSPS) is 12.6. The van der Waals surface area contributed by atoms with Gasteiger partial charge in [0.2, 0.25) is 0 Å². The molecule has 2 rings (SSSR count). The summed E-state index contributed by atoms with van der Waals surface area (Å²) in [5.41, 5.74) is 1.08. The van der Waals surface area contributed by atoms with Crippen molar-refractivity contribution < 1.29 is 4.39 Å². The summed E-state index contributed by atoms with van der Waals surface area (Å²) < 4.78 is 12.8. The lowest BCUT2D eigenvalue weighted by atomic mass is 9.97. The van der Waals surface area contributed by atoms with Crippen LogP contribution in [0.5, 0.6) is 0 Å². The Balaban J connectivity index is 2.13. The Morgan fingerprint density at radius 3 is 2.59 bits per heavy atom. The molecule has 0 spiro atoms. The molecule has 0 aliphatic rings. The fourth-order valence-corrected chi connectivity index (χ4v) is 2.90. The van der Waals surface area contributed by atoms with Crippen LogP contribution in [0.25, 0.3) is 0 Å². The van der Waals surface area contributed by atoms with E-state index in [1.165, 1.54) is 17.0 Å². The molecule has 1 unspecified atom stereocenters. The highest BCUT2D eigenvalue weighted by atomic mass is 35.5. The van der Waals surface area contributed by atoms with Crippen LogP contribution in [0, 0.1) is 12.7 Å². The third kappa shape index (κ3) is 3.27. The molecule has 4 heteroatoms. The van der Waals surface area contributed by atoms with E-state index < -0.39 is 0 Å². The first-order valence-corrected chi connectivity index (χ1v) is 6.77. The third-order valence-corrected chi connectivity index (χ3v) is 3.95. The molecule has 1 heterocycles. The van der Waals surface area contributed by atoms with E-state index in [0.29, 0.717) is 5.88 Å². The molecule has 0 amide bonds. The van der Waals surface area contributed by atoms with Gasteiger partial charge < -0.3 is 0 Å². The smallest absolute Gasteiger partial charge is 0.123 e. The molecule has 0 saturated carbocycles. The first-order valence-electron chi connectivity index (χ1n) is 5.42. The number of halogens is 2. The number of alkyl halides is 1. The van der Waals surface area contributed by atoms with Gasteiger partial charge in [-0.25, -0.2) is 9.37 Å². The minimum atomic E-state index is -0.212. The van der Waals surface area contributed by atoms with E-state index in [0.717, 1.165) is 17.0 Å². The highest BCUT2D eigenvalue weighted by Gasteiger charge is 2.12. The summed E-state index contributed by atoms with van der Waals surface area (Å²) in [6.45, 7) is 1.99. The van der Waals surface area contributed by atoms with Crippen molar-refractivity contribution in [2.75, 3.05) is 5.88 Å². The average molecular weight is 270 g/mol. The predicted molar refractivity (Wildman–Crippen MR) is 70.4 cm³/mol. The lowest BCUT2D eigenvalue weighted by Gasteiger charge is -2.12. The van der Waals surface area contributed by atoms with Gasteiger partial charge in [-0.15, -0.1) is 22.9 Å². The Hall–Kier alpha value is -0.930. The number of benzene rings is 1. The highest BCUT2D eigenvalue weighted by molar-refractivity contribution is 7.11. The van der Waals surface area contributed by atoms with E-state index in [2.05, 4.69) is 4.98 Å². The standard InChI is InChI=1S/C13H13ClFNS/c1-9-16-8-13(17-9)6-11(7-14)10-2-4-12(15)5-3-10/h2-5,8,11H,6-7H2,1H3. The zero-order valence-electron chi connectivity index (χ0n) is 9.49. The van der Waals surface area contributed by atoms with Crippen molar-refractivity contribution in [3.05, 3.63) is 51.7 Å². The van der Waals surface area contributed by atoms with E-state index >= 15 is 0 Å². The number of aryl methyl sites for hydroxylation is 1. The Kier molecular flexibility index (Phi) is 4.13. The molecular weight excluding hydrogens is 257 g/mol. The number of thiazole rings is 1. The average Bonchev–Trinajstić information content (AvgIpc) is 2.73. The minimum Gasteiger partial charge on any atom is -0.250 e. The molecule has 0 N–H and O–H groups in total. The third-order valence-electron chi connectivity index (χ3n) is 2.64. The number of nitrogens with zero attached hydrogens (tertiary/aromatic N) is 1. The fraction of sp³-hybridized carbons (Fsp3) is 0.308.